The number of ether oxygens (including phenoxy) is 1. The molecule has 1 unspecified atom stereocenters. The van der Waals surface area contributed by atoms with Crippen LogP contribution >= 0.6 is 0 Å². The first-order valence-electron chi connectivity index (χ1n) is 10.3. The molecule has 0 bridgehead atoms. The van der Waals surface area contributed by atoms with Crippen LogP contribution in [0.2, 0.25) is 0 Å². The van der Waals surface area contributed by atoms with Crippen molar-refractivity contribution in [2.24, 2.45) is 5.92 Å². The summed E-state index contributed by atoms with van der Waals surface area (Å²) in [6, 6.07) is 5.66. The van der Waals surface area contributed by atoms with Gasteiger partial charge in [0.05, 0.1) is 24.9 Å². The molecular weight excluding hydrogens is 398 g/mol. The van der Waals surface area contributed by atoms with Crippen molar-refractivity contribution in [2.75, 3.05) is 44.7 Å². The molecule has 1 aromatic carbocycles. The fourth-order valence-corrected chi connectivity index (χ4v) is 4.08. The molecule has 2 aliphatic heterocycles. The quantitative estimate of drug-likeness (QED) is 0.732. The molecule has 3 amide bonds. The van der Waals surface area contributed by atoms with Crippen LogP contribution in [0.25, 0.3) is 0 Å². The maximum absolute atomic E-state index is 13.1. The number of carbonyl (C=O) groups excluding carboxylic acids is 3. The Kier molecular flexibility index (Phi) is 5.83. The monoisotopic (exact) mass is 423 g/mol. The minimum absolute atomic E-state index is 0.0472. The van der Waals surface area contributed by atoms with E-state index in [1.54, 1.807) is 21.8 Å². The predicted molar refractivity (Wildman–Crippen MR) is 113 cm³/mol. The Morgan fingerprint density at radius 1 is 1.10 bits per heavy atom. The van der Waals surface area contributed by atoms with Gasteiger partial charge in [-0.15, -0.1) is 0 Å². The Bertz CT molecular complexity index is 989. The molecule has 162 valence electrons. The standard InChI is InChI=1S/C22H25N5O4/c1-15-3-4-19(31-2)18(11-15)27-14-16(12-20(27)28)21(29)25-7-9-26(10-8-25)22(30)17-13-23-5-6-24-17/h3-6,11,13,16H,7-10,12,14H2,1-2H3. The number of hydrogen-bond acceptors (Lipinski definition) is 6. The van der Waals surface area contributed by atoms with Crippen molar-refractivity contribution in [3.8, 4) is 5.75 Å². The van der Waals surface area contributed by atoms with Gasteiger partial charge in [-0.05, 0) is 24.6 Å². The topological polar surface area (TPSA) is 95.9 Å². The maximum atomic E-state index is 13.1. The van der Waals surface area contributed by atoms with Crippen LogP contribution in [0.15, 0.2) is 36.8 Å². The predicted octanol–water partition coefficient (Wildman–Crippen LogP) is 1.13. The molecule has 0 N–H and O–H groups in total. The Balaban J connectivity index is 1.38. The molecule has 0 radical (unpaired) electrons. The van der Waals surface area contributed by atoms with Gasteiger partial charge in [0.25, 0.3) is 5.91 Å². The van der Waals surface area contributed by atoms with Crippen LogP contribution in [-0.2, 0) is 9.59 Å². The van der Waals surface area contributed by atoms with E-state index >= 15 is 0 Å². The second-order valence-corrected chi connectivity index (χ2v) is 7.79. The summed E-state index contributed by atoms with van der Waals surface area (Å²) in [6.07, 6.45) is 4.62. The largest absolute Gasteiger partial charge is 0.495 e. The molecular formula is C22H25N5O4. The van der Waals surface area contributed by atoms with Crippen molar-refractivity contribution < 1.29 is 19.1 Å². The zero-order valence-corrected chi connectivity index (χ0v) is 17.7. The van der Waals surface area contributed by atoms with Crippen LogP contribution in [0, 0.1) is 12.8 Å². The Labute approximate surface area is 180 Å². The number of aromatic nitrogens is 2. The lowest BCUT2D eigenvalue weighted by Gasteiger charge is -2.35. The summed E-state index contributed by atoms with van der Waals surface area (Å²) in [5.41, 5.74) is 2.01. The number of nitrogens with zero attached hydrogens (tertiary/aromatic N) is 5. The fourth-order valence-electron chi connectivity index (χ4n) is 4.08. The number of hydrogen-bond donors (Lipinski definition) is 0. The number of benzene rings is 1. The number of piperazine rings is 1. The van der Waals surface area contributed by atoms with Gasteiger partial charge in [-0.1, -0.05) is 6.07 Å². The number of rotatable bonds is 4. The number of aryl methyl sites for hydroxylation is 1. The van der Waals surface area contributed by atoms with E-state index in [4.69, 9.17) is 4.74 Å². The van der Waals surface area contributed by atoms with Gasteiger partial charge in [0.15, 0.2) is 0 Å². The third-order valence-corrected chi connectivity index (χ3v) is 5.76. The Morgan fingerprint density at radius 3 is 2.52 bits per heavy atom. The summed E-state index contributed by atoms with van der Waals surface area (Å²) in [5.74, 6) is -0.107. The highest BCUT2D eigenvalue weighted by Crippen LogP contribution is 2.34. The van der Waals surface area contributed by atoms with Gasteiger partial charge in [0.1, 0.15) is 11.4 Å². The van der Waals surface area contributed by atoms with E-state index < -0.39 is 5.92 Å². The molecule has 9 heteroatoms. The van der Waals surface area contributed by atoms with E-state index in [1.807, 2.05) is 25.1 Å². The first-order chi connectivity index (χ1) is 15.0. The van der Waals surface area contributed by atoms with Gasteiger partial charge in [-0.2, -0.15) is 0 Å². The minimum Gasteiger partial charge on any atom is -0.495 e. The highest BCUT2D eigenvalue weighted by atomic mass is 16.5. The lowest BCUT2D eigenvalue weighted by Crippen LogP contribution is -2.52. The van der Waals surface area contributed by atoms with Crippen LogP contribution in [0.4, 0.5) is 5.69 Å². The van der Waals surface area contributed by atoms with Crippen molar-refractivity contribution in [2.45, 2.75) is 13.3 Å². The zero-order valence-electron chi connectivity index (χ0n) is 17.7. The normalized spacial score (nSPS) is 19.0. The maximum Gasteiger partial charge on any atom is 0.274 e. The van der Waals surface area contributed by atoms with Crippen LogP contribution < -0.4 is 9.64 Å². The van der Waals surface area contributed by atoms with Gasteiger partial charge in [0, 0.05) is 51.5 Å². The van der Waals surface area contributed by atoms with E-state index in [2.05, 4.69) is 9.97 Å². The number of carbonyl (C=O) groups is 3. The van der Waals surface area contributed by atoms with E-state index in [9.17, 15) is 14.4 Å². The highest BCUT2D eigenvalue weighted by Gasteiger charge is 2.39. The van der Waals surface area contributed by atoms with E-state index in [0.29, 0.717) is 49.9 Å². The first kappa shape index (κ1) is 20.8. The molecule has 1 atom stereocenters. The third kappa shape index (κ3) is 4.21. The molecule has 2 aromatic rings. The van der Waals surface area contributed by atoms with Crippen molar-refractivity contribution in [1.29, 1.82) is 0 Å². The molecule has 0 spiro atoms. The van der Waals surface area contributed by atoms with Crippen LogP contribution in [0.1, 0.15) is 22.5 Å². The molecule has 2 aliphatic rings. The summed E-state index contributed by atoms with van der Waals surface area (Å²) in [6.45, 7) is 4.01. The number of anilines is 1. The average molecular weight is 423 g/mol. The molecule has 1 aromatic heterocycles. The summed E-state index contributed by atoms with van der Waals surface area (Å²) >= 11 is 0. The van der Waals surface area contributed by atoms with Crippen LogP contribution in [0.3, 0.4) is 0 Å². The highest BCUT2D eigenvalue weighted by molar-refractivity contribution is 6.01. The van der Waals surface area contributed by atoms with Crippen LogP contribution in [0.5, 0.6) is 5.75 Å². The molecule has 4 rings (SSSR count). The fraction of sp³-hybridized carbons (Fsp3) is 0.409. The van der Waals surface area contributed by atoms with Crippen LogP contribution in [-0.4, -0.2) is 77.3 Å². The Hall–Kier alpha value is -3.49. The SMILES string of the molecule is COc1ccc(C)cc1N1CC(C(=O)N2CCN(C(=O)c3cnccn3)CC2)CC1=O. The summed E-state index contributed by atoms with van der Waals surface area (Å²) in [4.78, 5) is 51.3. The summed E-state index contributed by atoms with van der Waals surface area (Å²) in [5, 5.41) is 0. The molecule has 3 heterocycles. The second kappa shape index (κ2) is 8.71. The third-order valence-electron chi connectivity index (χ3n) is 5.76. The molecule has 9 nitrogen and oxygen atoms in total. The van der Waals surface area contributed by atoms with Gasteiger partial charge in [-0.25, -0.2) is 4.98 Å². The van der Waals surface area contributed by atoms with Crippen molar-refractivity contribution in [1.82, 2.24) is 19.8 Å². The van der Waals surface area contributed by atoms with Gasteiger partial charge in [0.2, 0.25) is 11.8 Å². The van der Waals surface area contributed by atoms with Gasteiger partial charge in [-0.3, -0.25) is 19.4 Å². The average Bonchev–Trinajstić information content (AvgIpc) is 3.20. The summed E-state index contributed by atoms with van der Waals surface area (Å²) in [7, 11) is 1.57. The molecule has 31 heavy (non-hydrogen) atoms. The summed E-state index contributed by atoms with van der Waals surface area (Å²) < 4.78 is 5.41. The van der Waals surface area contributed by atoms with Crippen molar-refractivity contribution >= 4 is 23.4 Å². The zero-order chi connectivity index (χ0) is 22.0. The molecule has 2 saturated heterocycles. The second-order valence-electron chi connectivity index (χ2n) is 7.79. The molecule has 0 aliphatic carbocycles. The van der Waals surface area contributed by atoms with E-state index in [1.165, 1.54) is 18.6 Å². The van der Waals surface area contributed by atoms with Gasteiger partial charge >= 0.3 is 0 Å². The van der Waals surface area contributed by atoms with E-state index in [-0.39, 0.29) is 24.1 Å². The molecule has 0 saturated carbocycles. The number of methoxy groups -OCH3 is 1. The van der Waals surface area contributed by atoms with E-state index in [0.717, 1.165) is 5.56 Å². The molecule has 2 fully saturated rings. The lowest BCUT2D eigenvalue weighted by molar-refractivity contribution is -0.137. The smallest absolute Gasteiger partial charge is 0.274 e. The lowest BCUT2D eigenvalue weighted by atomic mass is 10.1. The van der Waals surface area contributed by atoms with Crippen molar-refractivity contribution in [3.05, 3.63) is 48.0 Å². The minimum atomic E-state index is -0.403. The number of amides is 3. The van der Waals surface area contributed by atoms with Crippen molar-refractivity contribution in [3.63, 3.8) is 0 Å². The van der Waals surface area contributed by atoms with Gasteiger partial charge < -0.3 is 19.4 Å². The first-order valence-corrected chi connectivity index (χ1v) is 10.3. The Morgan fingerprint density at radius 2 is 1.84 bits per heavy atom.